The third-order valence-corrected chi connectivity index (χ3v) is 2.91. The van der Waals surface area contributed by atoms with Gasteiger partial charge in [-0.05, 0) is 38.0 Å². The van der Waals surface area contributed by atoms with Gasteiger partial charge >= 0.3 is 6.03 Å². The number of anilines is 1. The summed E-state index contributed by atoms with van der Waals surface area (Å²) < 4.78 is 0. The molecule has 0 spiro atoms. The normalized spacial score (nSPS) is 11.6. The molecule has 1 aromatic rings. The van der Waals surface area contributed by atoms with Gasteiger partial charge in [-0.3, -0.25) is 4.79 Å². The molecule has 20 heavy (non-hydrogen) atoms. The Bertz CT molecular complexity index is 460. The molecule has 1 atom stereocenters. The van der Waals surface area contributed by atoms with E-state index >= 15 is 0 Å². The highest BCUT2D eigenvalue weighted by Gasteiger charge is 2.08. The molecule has 0 aliphatic rings. The number of amides is 3. The Hall–Kier alpha value is -2.04. The molecule has 0 saturated carbocycles. The van der Waals surface area contributed by atoms with E-state index < -0.39 is 0 Å². The fourth-order valence-corrected chi connectivity index (χ4v) is 1.57. The first-order chi connectivity index (χ1) is 9.56. The lowest BCUT2D eigenvalue weighted by Crippen LogP contribution is -2.35. The molecule has 0 saturated heterocycles. The second-order valence-electron chi connectivity index (χ2n) is 4.74. The van der Waals surface area contributed by atoms with E-state index in [-0.39, 0.29) is 18.0 Å². The predicted octanol–water partition coefficient (Wildman–Crippen LogP) is 2.75. The van der Waals surface area contributed by atoms with Crippen LogP contribution in [-0.4, -0.2) is 24.5 Å². The lowest BCUT2D eigenvalue weighted by Gasteiger charge is -2.13. The van der Waals surface area contributed by atoms with E-state index in [1.807, 2.05) is 20.8 Å². The van der Waals surface area contributed by atoms with Gasteiger partial charge in [-0.2, -0.15) is 0 Å². The maximum atomic E-state index is 11.8. The maximum Gasteiger partial charge on any atom is 0.319 e. The van der Waals surface area contributed by atoms with Crippen LogP contribution in [0.2, 0.25) is 0 Å². The monoisotopic (exact) mass is 277 g/mol. The minimum Gasteiger partial charge on any atom is -0.352 e. The van der Waals surface area contributed by atoms with Gasteiger partial charge in [-0.15, -0.1) is 0 Å². The summed E-state index contributed by atoms with van der Waals surface area (Å²) in [5.41, 5.74) is 1.15. The number of nitrogens with one attached hydrogen (secondary N) is 3. The molecule has 3 N–H and O–H groups in total. The summed E-state index contributed by atoms with van der Waals surface area (Å²) >= 11 is 0. The quantitative estimate of drug-likeness (QED) is 0.748. The summed E-state index contributed by atoms with van der Waals surface area (Å²) in [5, 5.41) is 8.34. The van der Waals surface area contributed by atoms with Crippen LogP contribution in [0.15, 0.2) is 24.3 Å². The van der Waals surface area contributed by atoms with Crippen LogP contribution in [0.25, 0.3) is 0 Å². The van der Waals surface area contributed by atoms with Gasteiger partial charge in [0.15, 0.2) is 0 Å². The number of hydrogen-bond donors (Lipinski definition) is 3. The van der Waals surface area contributed by atoms with Crippen LogP contribution in [0.3, 0.4) is 0 Å². The zero-order valence-corrected chi connectivity index (χ0v) is 12.3. The van der Waals surface area contributed by atoms with Crippen molar-refractivity contribution in [2.45, 2.75) is 39.7 Å². The smallest absolute Gasteiger partial charge is 0.319 e. The molecule has 1 unspecified atom stereocenters. The molecule has 5 nitrogen and oxygen atoms in total. The number of hydrogen-bond acceptors (Lipinski definition) is 2. The van der Waals surface area contributed by atoms with Gasteiger partial charge in [0.1, 0.15) is 0 Å². The summed E-state index contributed by atoms with van der Waals surface area (Å²) in [7, 11) is 0. The highest BCUT2D eigenvalue weighted by molar-refractivity contribution is 5.96. The highest BCUT2D eigenvalue weighted by Crippen LogP contribution is 2.10. The van der Waals surface area contributed by atoms with Gasteiger partial charge in [0, 0.05) is 23.8 Å². The Kier molecular flexibility index (Phi) is 6.56. The first-order valence-electron chi connectivity index (χ1n) is 7.02. The van der Waals surface area contributed by atoms with Crippen LogP contribution in [0.4, 0.5) is 10.5 Å². The second-order valence-corrected chi connectivity index (χ2v) is 4.74. The summed E-state index contributed by atoms with van der Waals surface area (Å²) in [5.74, 6) is -0.127. The average Bonchev–Trinajstić information content (AvgIpc) is 2.44. The largest absolute Gasteiger partial charge is 0.352 e. The van der Waals surface area contributed by atoms with E-state index in [1.54, 1.807) is 24.3 Å². The van der Waals surface area contributed by atoms with Crippen LogP contribution in [0.1, 0.15) is 44.0 Å². The van der Waals surface area contributed by atoms with E-state index in [0.717, 1.165) is 12.8 Å². The van der Waals surface area contributed by atoms with Crippen molar-refractivity contribution in [3.05, 3.63) is 29.8 Å². The Labute approximate surface area is 120 Å². The summed E-state index contributed by atoms with van der Waals surface area (Å²) in [6.45, 7) is 6.58. The highest BCUT2D eigenvalue weighted by atomic mass is 16.2. The number of carbonyl (C=O) groups excluding carboxylic acids is 2. The molecule has 0 aliphatic heterocycles. The van der Waals surface area contributed by atoms with Crippen molar-refractivity contribution in [2.75, 3.05) is 11.9 Å². The van der Waals surface area contributed by atoms with E-state index in [9.17, 15) is 9.59 Å². The Morgan fingerprint density at radius 2 is 2.00 bits per heavy atom. The molecule has 0 aromatic heterocycles. The van der Waals surface area contributed by atoms with Crippen LogP contribution < -0.4 is 16.0 Å². The van der Waals surface area contributed by atoms with Crippen molar-refractivity contribution in [1.29, 1.82) is 0 Å². The van der Waals surface area contributed by atoms with Crippen molar-refractivity contribution in [3.63, 3.8) is 0 Å². The maximum absolute atomic E-state index is 11.8. The van der Waals surface area contributed by atoms with Crippen LogP contribution >= 0.6 is 0 Å². The molecule has 110 valence electrons. The molecule has 0 bridgehead atoms. The topological polar surface area (TPSA) is 70.2 Å². The van der Waals surface area contributed by atoms with Gasteiger partial charge < -0.3 is 16.0 Å². The molecular weight excluding hydrogens is 254 g/mol. The third-order valence-electron chi connectivity index (χ3n) is 2.91. The minimum absolute atomic E-state index is 0.117. The fraction of sp³-hybridized carbons (Fsp3) is 0.467. The number of carbonyl (C=O) groups is 2. The summed E-state index contributed by atoms with van der Waals surface area (Å²) in [6, 6.07) is 6.76. The first-order valence-corrected chi connectivity index (χ1v) is 7.02. The summed E-state index contributed by atoms with van der Waals surface area (Å²) in [6.07, 6.45) is 1.76. The van der Waals surface area contributed by atoms with Crippen molar-refractivity contribution in [2.24, 2.45) is 0 Å². The molecule has 0 aliphatic carbocycles. The number of benzene rings is 1. The standard InChI is InChI=1S/C15H23N3O2/c1-4-9-16-14(19)12-7-6-8-13(10-12)18-15(20)17-11(3)5-2/h6-8,10-11H,4-5,9H2,1-3H3,(H,16,19)(H2,17,18,20). The van der Waals surface area contributed by atoms with Gasteiger partial charge in [0.05, 0.1) is 0 Å². The molecule has 3 amide bonds. The minimum atomic E-state index is -0.259. The summed E-state index contributed by atoms with van der Waals surface area (Å²) in [4.78, 5) is 23.5. The molecule has 0 heterocycles. The van der Waals surface area contributed by atoms with Gasteiger partial charge in [0.25, 0.3) is 5.91 Å². The van der Waals surface area contributed by atoms with E-state index in [2.05, 4.69) is 16.0 Å². The van der Waals surface area contributed by atoms with Crippen LogP contribution in [-0.2, 0) is 0 Å². The van der Waals surface area contributed by atoms with Gasteiger partial charge in [-0.25, -0.2) is 4.79 Å². The van der Waals surface area contributed by atoms with Crippen molar-refractivity contribution in [3.8, 4) is 0 Å². The number of rotatable bonds is 6. The van der Waals surface area contributed by atoms with Crippen LogP contribution in [0.5, 0.6) is 0 Å². The fourth-order valence-electron chi connectivity index (χ4n) is 1.57. The van der Waals surface area contributed by atoms with Crippen molar-refractivity contribution in [1.82, 2.24) is 10.6 Å². The van der Waals surface area contributed by atoms with E-state index in [0.29, 0.717) is 17.8 Å². The van der Waals surface area contributed by atoms with E-state index in [4.69, 9.17) is 0 Å². The zero-order chi connectivity index (χ0) is 15.0. The Balaban J connectivity index is 2.63. The molecule has 0 radical (unpaired) electrons. The third kappa shape index (κ3) is 5.30. The lowest BCUT2D eigenvalue weighted by molar-refractivity contribution is 0.0953. The van der Waals surface area contributed by atoms with Crippen LogP contribution in [0, 0.1) is 0 Å². The SMILES string of the molecule is CCCNC(=O)c1cccc(NC(=O)NC(C)CC)c1. The number of urea groups is 1. The Morgan fingerprint density at radius 3 is 2.65 bits per heavy atom. The molecule has 1 aromatic carbocycles. The van der Waals surface area contributed by atoms with Gasteiger partial charge in [-0.1, -0.05) is 19.9 Å². The second kappa shape index (κ2) is 8.19. The zero-order valence-electron chi connectivity index (χ0n) is 12.3. The van der Waals surface area contributed by atoms with E-state index in [1.165, 1.54) is 0 Å². The average molecular weight is 277 g/mol. The predicted molar refractivity (Wildman–Crippen MR) is 81.0 cm³/mol. The Morgan fingerprint density at radius 1 is 1.25 bits per heavy atom. The molecular formula is C15H23N3O2. The molecule has 1 rings (SSSR count). The lowest BCUT2D eigenvalue weighted by atomic mass is 10.2. The first kappa shape index (κ1) is 16.0. The van der Waals surface area contributed by atoms with Gasteiger partial charge in [0.2, 0.25) is 0 Å². The van der Waals surface area contributed by atoms with Crippen molar-refractivity contribution < 1.29 is 9.59 Å². The molecule has 5 heteroatoms. The van der Waals surface area contributed by atoms with Crippen molar-refractivity contribution >= 4 is 17.6 Å². The molecule has 0 fully saturated rings.